The van der Waals surface area contributed by atoms with Crippen LogP contribution in [0.1, 0.15) is 39.9 Å². The summed E-state index contributed by atoms with van der Waals surface area (Å²) >= 11 is 6.82. The molecule has 5 rings (SSSR count). The van der Waals surface area contributed by atoms with Crippen LogP contribution in [0.15, 0.2) is 45.3 Å². The number of halogens is 2. The van der Waals surface area contributed by atoms with E-state index in [1.54, 1.807) is 0 Å². The molecule has 0 bridgehead atoms. The molecule has 2 aliphatic carbocycles. The van der Waals surface area contributed by atoms with Crippen LogP contribution < -0.4 is 0 Å². The van der Waals surface area contributed by atoms with Gasteiger partial charge >= 0.3 is 0 Å². The number of aryl methyl sites for hydroxylation is 2. The van der Waals surface area contributed by atoms with Gasteiger partial charge in [0.15, 0.2) is 11.6 Å². The number of benzene rings is 2. The molecule has 0 saturated carbocycles. The van der Waals surface area contributed by atoms with E-state index in [0.29, 0.717) is 19.6 Å². The van der Waals surface area contributed by atoms with Crippen molar-refractivity contribution in [2.45, 2.75) is 31.5 Å². The molecule has 1 heterocycles. The number of ketones is 1. The molecule has 0 radical (unpaired) electrons. The molecule has 0 atom stereocenters. The van der Waals surface area contributed by atoms with E-state index >= 15 is 0 Å². The Morgan fingerprint density at radius 2 is 1.52 bits per heavy atom. The van der Waals surface area contributed by atoms with Gasteiger partial charge in [0.1, 0.15) is 0 Å². The van der Waals surface area contributed by atoms with Crippen LogP contribution in [0.5, 0.6) is 0 Å². The lowest BCUT2D eigenvalue weighted by molar-refractivity contribution is -0.163. The summed E-state index contributed by atoms with van der Waals surface area (Å²) in [5, 5.41) is 0. The summed E-state index contributed by atoms with van der Waals surface area (Å²) in [4.78, 5) is 11.2. The quantitative estimate of drug-likeness (QED) is 0.538. The van der Waals surface area contributed by atoms with Gasteiger partial charge in [-0.25, -0.2) is 0 Å². The smallest absolute Gasteiger partial charge is 0.195 e. The average Bonchev–Trinajstić information content (AvgIpc) is 3.31. The lowest BCUT2D eigenvalue weighted by Crippen LogP contribution is -2.23. The van der Waals surface area contributed by atoms with Gasteiger partial charge in [-0.15, -0.1) is 0 Å². The Kier molecular flexibility index (Phi) is 4.84. The second-order valence-corrected chi connectivity index (χ2v) is 8.31. The number of rotatable bonds is 0. The van der Waals surface area contributed by atoms with Crippen LogP contribution in [0.2, 0.25) is 0 Å². The molecule has 3 nitrogen and oxygen atoms in total. The number of Topliss-reactive ketones (excluding diaryl/α,β-unsaturated/α-hetero) is 1. The Balaban J connectivity index is 0.000000129. The summed E-state index contributed by atoms with van der Waals surface area (Å²) in [6, 6.07) is 12.3. The van der Waals surface area contributed by atoms with Crippen LogP contribution in [0, 0.1) is 0 Å². The molecule has 0 N–H and O–H groups in total. The number of carbonyl (C=O) groups is 1. The minimum atomic E-state index is -0.418. The summed E-state index contributed by atoms with van der Waals surface area (Å²) in [5.74, 6) is -0.139. The Bertz CT molecular complexity index is 826. The van der Waals surface area contributed by atoms with Crippen molar-refractivity contribution >= 4 is 37.6 Å². The summed E-state index contributed by atoms with van der Waals surface area (Å²) in [5.41, 5.74) is 4.66. The van der Waals surface area contributed by atoms with E-state index < -0.39 is 5.79 Å². The summed E-state index contributed by atoms with van der Waals surface area (Å²) in [7, 11) is 0. The second kappa shape index (κ2) is 6.95. The highest BCUT2D eigenvalue weighted by Crippen LogP contribution is 2.44. The van der Waals surface area contributed by atoms with Crippen molar-refractivity contribution in [2.24, 2.45) is 0 Å². The molecule has 1 aliphatic heterocycles. The number of hydrogen-bond acceptors (Lipinski definition) is 3. The highest BCUT2D eigenvalue weighted by atomic mass is 79.9. The van der Waals surface area contributed by atoms with Gasteiger partial charge in [-0.3, -0.25) is 4.79 Å². The molecular weight excluding hydrogens is 448 g/mol. The lowest BCUT2D eigenvalue weighted by atomic mass is 10.1. The predicted molar refractivity (Wildman–Crippen MR) is 103 cm³/mol. The van der Waals surface area contributed by atoms with Crippen molar-refractivity contribution in [1.29, 1.82) is 0 Å². The van der Waals surface area contributed by atoms with E-state index in [1.165, 1.54) is 16.7 Å². The first kappa shape index (κ1) is 17.4. The van der Waals surface area contributed by atoms with E-state index in [2.05, 4.69) is 50.1 Å². The molecule has 1 fully saturated rings. The monoisotopic (exact) mass is 464 g/mol. The largest absolute Gasteiger partial charge is 0.343 e. The first-order valence-electron chi connectivity index (χ1n) is 8.46. The number of hydrogen-bond donors (Lipinski definition) is 0. The number of fused-ring (bicyclic) bond motifs is 3. The van der Waals surface area contributed by atoms with E-state index in [4.69, 9.17) is 9.47 Å². The van der Waals surface area contributed by atoms with Gasteiger partial charge in [0, 0.05) is 32.9 Å². The first-order chi connectivity index (χ1) is 12.1. The molecule has 1 spiro atoms. The van der Waals surface area contributed by atoms with Crippen molar-refractivity contribution in [3.05, 3.63) is 67.6 Å². The van der Waals surface area contributed by atoms with Crippen molar-refractivity contribution in [2.75, 3.05) is 13.2 Å². The maximum atomic E-state index is 11.2. The average molecular weight is 466 g/mol. The third kappa shape index (κ3) is 3.35. The summed E-state index contributed by atoms with van der Waals surface area (Å²) in [6.07, 6.45) is 3.62. The van der Waals surface area contributed by atoms with E-state index in [9.17, 15) is 4.79 Å². The Morgan fingerprint density at radius 1 is 0.840 bits per heavy atom. The van der Waals surface area contributed by atoms with Crippen molar-refractivity contribution in [1.82, 2.24) is 0 Å². The highest BCUT2D eigenvalue weighted by molar-refractivity contribution is 9.10. The predicted octanol–water partition coefficient (Wildman–Crippen LogP) is 5.17. The highest BCUT2D eigenvalue weighted by Gasteiger charge is 2.43. The van der Waals surface area contributed by atoms with Crippen LogP contribution in [0.3, 0.4) is 0 Å². The molecule has 0 unspecified atom stereocenters. The third-order valence-corrected chi connectivity index (χ3v) is 5.94. The minimum absolute atomic E-state index is 0.279. The summed E-state index contributed by atoms with van der Waals surface area (Å²) < 4.78 is 13.6. The Labute approximate surface area is 164 Å². The topological polar surface area (TPSA) is 35.5 Å². The fourth-order valence-electron chi connectivity index (χ4n) is 3.72. The van der Waals surface area contributed by atoms with Crippen LogP contribution >= 0.6 is 31.9 Å². The number of ether oxygens (including phenoxy) is 2. The molecule has 2 aromatic rings. The van der Waals surface area contributed by atoms with E-state index in [-0.39, 0.29) is 5.78 Å². The normalized spacial score (nSPS) is 19.5. The number of carbonyl (C=O) groups excluding carboxylic acids is 1. The molecule has 5 heteroatoms. The Morgan fingerprint density at radius 3 is 2.28 bits per heavy atom. The molecule has 3 aliphatic rings. The van der Waals surface area contributed by atoms with Crippen LogP contribution in [-0.2, 0) is 28.1 Å². The zero-order chi connectivity index (χ0) is 17.4. The summed E-state index contributed by atoms with van der Waals surface area (Å²) in [6.45, 7) is 1.43. The van der Waals surface area contributed by atoms with Gasteiger partial charge in [0.05, 0.1) is 13.2 Å². The van der Waals surface area contributed by atoms with Gasteiger partial charge in [0.2, 0.25) is 0 Å². The second-order valence-electron chi connectivity index (χ2n) is 6.48. The van der Waals surface area contributed by atoms with Gasteiger partial charge in [-0.05, 0) is 48.2 Å². The molecule has 1 saturated heterocycles. The first-order valence-corrected chi connectivity index (χ1v) is 10.0. The minimum Gasteiger partial charge on any atom is -0.343 e. The zero-order valence-corrected chi connectivity index (χ0v) is 16.9. The SMILES string of the molecule is Brc1ccc2c(c1)C1(CC2)OCCO1.O=C1CCc2ccc(Br)cc21. The molecule has 0 amide bonds. The van der Waals surface area contributed by atoms with Crippen LogP contribution in [0.4, 0.5) is 0 Å². The Hall–Kier alpha value is -1.01. The maximum Gasteiger partial charge on any atom is 0.195 e. The zero-order valence-electron chi connectivity index (χ0n) is 13.7. The van der Waals surface area contributed by atoms with Crippen LogP contribution in [0.25, 0.3) is 0 Å². The fourth-order valence-corrected chi connectivity index (χ4v) is 4.44. The maximum absolute atomic E-state index is 11.2. The van der Waals surface area contributed by atoms with Crippen LogP contribution in [-0.4, -0.2) is 19.0 Å². The van der Waals surface area contributed by atoms with Crippen molar-refractivity contribution < 1.29 is 14.3 Å². The fraction of sp³-hybridized carbons (Fsp3) is 0.350. The molecule has 130 valence electrons. The molecule has 2 aromatic carbocycles. The van der Waals surface area contributed by atoms with Crippen molar-refractivity contribution in [3.63, 3.8) is 0 Å². The third-order valence-electron chi connectivity index (χ3n) is 4.95. The van der Waals surface area contributed by atoms with Gasteiger partial charge in [-0.2, -0.15) is 0 Å². The molecular formula is C20H18Br2O3. The van der Waals surface area contributed by atoms with Gasteiger partial charge < -0.3 is 9.47 Å². The molecule has 25 heavy (non-hydrogen) atoms. The van der Waals surface area contributed by atoms with Gasteiger partial charge in [-0.1, -0.05) is 44.0 Å². The lowest BCUT2D eigenvalue weighted by Gasteiger charge is -2.22. The van der Waals surface area contributed by atoms with E-state index in [0.717, 1.165) is 33.8 Å². The standard InChI is InChI=1S/C11H11BrO2.C9H7BrO/c12-9-2-1-8-3-4-11(10(8)7-9)13-5-6-14-11;10-7-3-1-6-2-4-9(11)8(6)5-7/h1-2,7H,3-6H2;1,3,5H,2,4H2. The van der Waals surface area contributed by atoms with E-state index in [1.807, 2.05) is 18.2 Å². The molecule has 0 aromatic heterocycles. The van der Waals surface area contributed by atoms with Gasteiger partial charge in [0.25, 0.3) is 0 Å². The van der Waals surface area contributed by atoms with Crippen molar-refractivity contribution in [3.8, 4) is 0 Å².